The minimum atomic E-state index is -1.24. The summed E-state index contributed by atoms with van der Waals surface area (Å²) in [5.74, 6) is -2.83. The summed E-state index contributed by atoms with van der Waals surface area (Å²) in [4.78, 5) is 53.7. The number of guanidine groups is 1. The molecule has 0 heterocycles. The number of aliphatic imine (C=N–C) groups is 1. The Bertz CT molecular complexity index is 735. The minimum absolute atomic E-state index is 0.0744. The van der Waals surface area contributed by atoms with Crippen molar-refractivity contribution < 1.29 is 29.4 Å². The van der Waals surface area contributed by atoms with Crippen LogP contribution in [-0.2, 0) is 19.2 Å². The average molecular weight is 535 g/mol. The number of rotatable bonds is 19. The molecule has 5 unspecified atom stereocenters. The van der Waals surface area contributed by atoms with E-state index in [1.54, 1.807) is 0 Å². The number of hydrogen-bond donors (Lipinski definition) is 9. The van der Waals surface area contributed by atoms with Crippen molar-refractivity contribution in [2.24, 2.45) is 27.9 Å². The summed E-state index contributed by atoms with van der Waals surface area (Å²) < 4.78 is 0. The summed E-state index contributed by atoms with van der Waals surface area (Å²) in [6.07, 6.45) is 2.67. The molecule has 0 aromatic carbocycles. The van der Waals surface area contributed by atoms with Crippen LogP contribution in [0.25, 0.3) is 0 Å². The van der Waals surface area contributed by atoms with Gasteiger partial charge in [-0.2, -0.15) is 11.8 Å². The number of nitrogens with one attached hydrogen (secondary N) is 3. The highest BCUT2D eigenvalue weighted by atomic mass is 32.2. The van der Waals surface area contributed by atoms with Gasteiger partial charge in [0.1, 0.15) is 24.2 Å². The second kappa shape index (κ2) is 18.6. The van der Waals surface area contributed by atoms with Crippen LogP contribution in [0.3, 0.4) is 0 Å². The number of thioether (sulfide) groups is 1. The molecular weight excluding hydrogens is 492 g/mol. The lowest BCUT2D eigenvalue weighted by molar-refractivity contribution is -0.142. The molecule has 0 aromatic heterocycles. The van der Waals surface area contributed by atoms with Crippen LogP contribution in [0.15, 0.2) is 4.99 Å². The van der Waals surface area contributed by atoms with Gasteiger partial charge in [-0.25, -0.2) is 4.79 Å². The fourth-order valence-corrected chi connectivity index (χ4v) is 3.53. The number of hydrogen-bond acceptors (Lipinski definition) is 9. The number of carbonyl (C=O) groups is 4. The van der Waals surface area contributed by atoms with Crippen LogP contribution >= 0.6 is 11.8 Å². The van der Waals surface area contributed by atoms with Crippen molar-refractivity contribution in [1.29, 1.82) is 0 Å². The molecule has 5 atom stereocenters. The van der Waals surface area contributed by atoms with Gasteiger partial charge in [0, 0.05) is 6.54 Å². The quantitative estimate of drug-likeness (QED) is 0.0463. The molecule has 0 rings (SSSR count). The van der Waals surface area contributed by atoms with E-state index in [1.807, 2.05) is 6.26 Å². The number of carboxylic acid groups (broad SMARTS) is 1. The fourth-order valence-electron chi connectivity index (χ4n) is 3.06. The van der Waals surface area contributed by atoms with Crippen molar-refractivity contribution in [3.05, 3.63) is 0 Å². The molecule has 15 heteroatoms. The first kappa shape index (κ1) is 33.4. The van der Waals surface area contributed by atoms with E-state index in [2.05, 4.69) is 20.9 Å². The number of unbranched alkanes of at least 4 members (excludes halogenated alkanes) is 1. The van der Waals surface area contributed by atoms with Crippen molar-refractivity contribution in [3.8, 4) is 0 Å². The molecule has 0 fully saturated rings. The van der Waals surface area contributed by atoms with E-state index < -0.39 is 54.0 Å². The van der Waals surface area contributed by atoms with Crippen LogP contribution in [0.5, 0.6) is 0 Å². The van der Waals surface area contributed by atoms with Gasteiger partial charge in [0.05, 0.1) is 6.10 Å². The Hall–Kier alpha value is -2.62. The van der Waals surface area contributed by atoms with E-state index in [4.69, 9.17) is 22.9 Å². The largest absolute Gasteiger partial charge is 0.480 e. The van der Waals surface area contributed by atoms with E-state index in [0.717, 1.165) is 0 Å². The fraction of sp³-hybridized carbons (Fsp3) is 0.762. The van der Waals surface area contributed by atoms with Gasteiger partial charge in [-0.05, 0) is 64.0 Å². The molecule has 0 aliphatic carbocycles. The Morgan fingerprint density at radius 3 is 1.92 bits per heavy atom. The normalized spacial score (nSPS) is 15.0. The molecule has 36 heavy (non-hydrogen) atoms. The first-order valence-corrected chi connectivity index (χ1v) is 13.2. The Kier molecular flexibility index (Phi) is 17.3. The Labute approximate surface area is 215 Å². The highest BCUT2D eigenvalue weighted by Gasteiger charge is 2.30. The van der Waals surface area contributed by atoms with Crippen molar-refractivity contribution in [3.63, 3.8) is 0 Å². The van der Waals surface area contributed by atoms with E-state index in [9.17, 15) is 29.4 Å². The zero-order chi connectivity index (χ0) is 27.7. The van der Waals surface area contributed by atoms with E-state index >= 15 is 0 Å². The molecule has 0 bridgehead atoms. The second-order valence-corrected chi connectivity index (χ2v) is 9.29. The van der Waals surface area contributed by atoms with Crippen LogP contribution in [-0.4, -0.2) is 95.2 Å². The predicted octanol–water partition coefficient (Wildman–Crippen LogP) is -2.83. The molecule has 0 radical (unpaired) electrons. The van der Waals surface area contributed by atoms with Crippen LogP contribution < -0.4 is 38.9 Å². The SMILES string of the molecule is CSCCC(NC(=O)C(N)C(C)O)C(=O)NC(CCCCN)C(=O)NC(CCCN=C(N)N)C(=O)O. The first-order chi connectivity index (χ1) is 16.9. The van der Waals surface area contributed by atoms with Gasteiger partial charge < -0.3 is 49.1 Å². The van der Waals surface area contributed by atoms with E-state index in [1.165, 1.54) is 18.7 Å². The van der Waals surface area contributed by atoms with Crippen molar-refractivity contribution in [2.45, 2.75) is 75.7 Å². The average Bonchev–Trinajstić information content (AvgIpc) is 2.81. The third-order valence-corrected chi connectivity index (χ3v) is 5.85. The maximum Gasteiger partial charge on any atom is 0.326 e. The summed E-state index contributed by atoms with van der Waals surface area (Å²) in [7, 11) is 0. The Morgan fingerprint density at radius 2 is 1.42 bits per heavy atom. The maximum absolute atomic E-state index is 13.0. The number of carboxylic acids is 1. The molecule has 14 nitrogen and oxygen atoms in total. The lowest BCUT2D eigenvalue weighted by atomic mass is 10.1. The molecule has 0 aromatic rings. The predicted molar refractivity (Wildman–Crippen MR) is 139 cm³/mol. The monoisotopic (exact) mass is 534 g/mol. The van der Waals surface area contributed by atoms with Gasteiger partial charge in [0.25, 0.3) is 0 Å². The van der Waals surface area contributed by atoms with Crippen LogP contribution in [0.2, 0.25) is 0 Å². The van der Waals surface area contributed by atoms with Gasteiger partial charge in [-0.15, -0.1) is 0 Å². The van der Waals surface area contributed by atoms with Gasteiger partial charge in [-0.3, -0.25) is 19.4 Å². The van der Waals surface area contributed by atoms with Gasteiger partial charge >= 0.3 is 5.97 Å². The molecule has 0 aliphatic rings. The van der Waals surface area contributed by atoms with Crippen LogP contribution in [0.1, 0.15) is 45.4 Å². The third-order valence-electron chi connectivity index (χ3n) is 5.21. The highest BCUT2D eigenvalue weighted by Crippen LogP contribution is 2.07. The standard InChI is InChI=1S/C21H42N8O6S/c1-12(30)16(23)19(33)28-14(8-11-36-2)18(32)27-13(6-3-4-9-22)17(31)29-15(20(34)35)7-5-10-26-21(24)25/h12-16,30H,3-11,22-23H2,1-2H3,(H,27,32)(H,28,33)(H,29,31)(H,34,35)(H4,24,25,26). The minimum Gasteiger partial charge on any atom is -0.480 e. The Morgan fingerprint density at radius 1 is 0.889 bits per heavy atom. The van der Waals surface area contributed by atoms with E-state index in [-0.39, 0.29) is 31.8 Å². The summed E-state index contributed by atoms with van der Waals surface area (Å²) in [5, 5.41) is 26.7. The van der Waals surface area contributed by atoms with Gasteiger partial charge in [-0.1, -0.05) is 0 Å². The van der Waals surface area contributed by atoms with E-state index in [0.29, 0.717) is 31.6 Å². The number of carbonyl (C=O) groups excluding carboxylic acids is 3. The number of aliphatic hydroxyl groups is 1. The third kappa shape index (κ3) is 14.1. The number of aliphatic hydroxyl groups excluding tert-OH is 1. The van der Waals surface area contributed by atoms with Crippen LogP contribution in [0.4, 0.5) is 0 Å². The molecule has 0 saturated heterocycles. The molecular formula is C21H42N8O6S. The molecule has 3 amide bonds. The van der Waals surface area contributed by atoms with Crippen molar-refractivity contribution >= 4 is 41.4 Å². The lowest BCUT2D eigenvalue weighted by Crippen LogP contribution is -2.58. The number of nitrogens with two attached hydrogens (primary N) is 4. The number of amides is 3. The maximum atomic E-state index is 13.0. The number of nitrogens with zero attached hydrogens (tertiary/aromatic N) is 1. The smallest absolute Gasteiger partial charge is 0.326 e. The van der Waals surface area contributed by atoms with Crippen LogP contribution in [0, 0.1) is 0 Å². The molecule has 0 spiro atoms. The van der Waals surface area contributed by atoms with Gasteiger partial charge in [0.2, 0.25) is 17.7 Å². The lowest BCUT2D eigenvalue weighted by Gasteiger charge is -2.25. The van der Waals surface area contributed by atoms with Gasteiger partial charge in [0.15, 0.2) is 5.96 Å². The zero-order valence-electron chi connectivity index (χ0n) is 20.9. The highest BCUT2D eigenvalue weighted by molar-refractivity contribution is 7.98. The molecule has 13 N–H and O–H groups in total. The molecule has 0 aliphatic heterocycles. The van der Waals surface area contributed by atoms with Crippen molar-refractivity contribution in [1.82, 2.24) is 16.0 Å². The first-order valence-electron chi connectivity index (χ1n) is 11.8. The summed E-state index contributed by atoms with van der Waals surface area (Å²) >= 11 is 1.46. The summed E-state index contributed by atoms with van der Waals surface area (Å²) in [6.45, 7) is 1.94. The molecule has 0 saturated carbocycles. The topological polar surface area (TPSA) is 261 Å². The molecule has 208 valence electrons. The zero-order valence-corrected chi connectivity index (χ0v) is 21.8. The Balaban J connectivity index is 5.46. The number of aliphatic carboxylic acids is 1. The summed E-state index contributed by atoms with van der Waals surface area (Å²) in [5.41, 5.74) is 21.7. The summed E-state index contributed by atoms with van der Waals surface area (Å²) in [6, 6.07) is -4.50. The second-order valence-electron chi connectivity index (χ2n) is 8.30. The van der Waals surface area contributed by atoms with Crippen molar-refractivity contribution in [2.75, 3.05) is 25.1 Å².